The number of nitrogens with zero attached hydrogens (tertiary/aromatic N) is 2. The fourth-order valence-electron chi connectivity index (χ4n) is 2.90. The summed E-state index contributed by atoms with van der Waals surface area (Å²) in [5, 5.41) is 11.6. The highest BCUT2D eigenvalue weighted by atomic mass is 16.5. The molecule has 0 radical (unpaired) electrons. The van der Waals surface area contributed by atoms with Gasteiger partial charge in [-0.3, -0.25) is 14.4 Å². The third-order valence-electron chi connectivity index (χ3n) is 4.47. The molecule has 0 unspecified atom stereocenters. The van der Waals surface area contributed by atoms with Gasteiger partial charge in [0.15, 0.2) is 18.1 Å². The second-order valence-electron chi connectivity index (χ2n) is 6.81. The number of nitrogens with two attached hydrogens (primary N) is 1. The summed E-state index contributed by atoms with van der Waals surface area (Å²) in [5.41, 5.74) is 6.53. The molecule has 168 valence electrons. The van der Waals surface area contributed by atoms with Crippen LogP contribution in [0, 0.1) is 11.3 Å². The molecule has 32 heavy (non-hydrogen) atoms. The Balaban J connectivity index is 1.88. The first-order chi connectivity index (χ1) is 15.4. The van der Waals surface area contributed by atoms with Gasteiger partial charge in [-0.05, 0) is 29.8 Å². The van der Waals surface area contributed by atoms with Crippen molar-refractivity contribution in [3.8, 4) is 17.6 Å². The molecule has 0 aromatic heterocycles. The van der Waals surface area contributed by atoms with E-state index in [2.05, 4.69) is 5.32 Å². The molecule has 9 heteroatoms. The maximum atomic E-state index is 12.6. The van der Waals surface area contributed by atoms with Gasteiger partial charge in [-0.25, -0.2) is 0 Å². The van der Waals surface area contributed by atoms with Gasteiger partial charge in [0.2, 0.25) is 11.8 Å². The zero-order valence-corrected chi connectivity index (χ0v) is 17.9. The largest absolute Gasteiger partial charge is 0.493 e. The van der Waals surface area contributed by atoms with Crippen molar-refractivity contribution in [2.45, 2.75) is 25.8 Å². The van der Waals surface area contributed by atoms with E-state index in [0.717, 1.165) is 5.56 Å². The number of nitrogens with one attached hydrogen (secondary N) is 1. The number of rotatable bonds is 12. The van der Waals surface area contributed by atoms with E-state index in [9.17, 15) is 14.4 Å². The Morgan fingerprint density at radius 1 is 1.09 bits per heavy atom. The van der Waals surface area contributed by atoms with Crippen molar-refractivity contribution < 1.29 is 23.9 Å². The number of benzene rings is 2. The summed E-state index contributed by atoms with van der Waals surface area (Å²) in [5.74, 6) is -0.329. The van der Waals surface area contributed by atoms with Gasteiger partial charge in [-0.15, -0.1) is 0 Å². The molecule has 0 saturated carbocycles. The Hall–Kier alpha value is -4.06. The summed E-state index contributed by atoms with van der Waals surface area (Å²) in [6.07, 6.45) is 0.245. The summed E-state index contributed by atoms with van der Waals surface area (Å²) >= 11 is 0. The molecule has 0 aliphatic carbocycles. The standard InChI is InChI=1S/C23H26N4O5/c1-31-20-14-17(8-9-19(20)32-16-21(25)28)15-26-22(29)10-11-23(30)27(13-5-12-24)18-6-3-2-4-7-18/h2-4,6-9,14H,5,10-11,13,15-16H2,1H3,(H2,25,28)(H,26,29). The number of anilines is 1. The van der Waals surface area contributed by atoms with Crippen LogP contribution in [0.15, 0.2) is 48.5 Å². The number of methoxy groups -OCH3 is 1. The summed E-state index contributed by atoms with van der Waals surface area (Å²) in [6.45, 7) is 0.232. The molecule has 0 bridgehead atoms. The quantitative estimate of drug-likeness (QED) is 0.520. The van der Waals surface area contributed by atoms with Crippen LogP contribution in [-0.2, 0) is 20.9 Å². The third-order valence-corrected chi connectivity index (χ3v) is 4.47. The lowest BCUT2D eigenvalue weighted by atomic mass is 10.2. The molecule has 0 aliphatic rings. The summed E-state index contributed by atoms with van der Waals surface area (Å²) < 4.78 is 10.5. The van der Waals surface area contributed by atoms with Crippen LogP contribution in [0.5, 0.6) is 11.5 Å². The molecule has 3 N–H and O–H groups in total. The number of carbonyl (C=O) groups excluding carboxylic acids is 3. The number of nitriles is 1. The maximum absolute atomic E-state index is 12.6. The number of primary amides is 1. The van der Waals surface area contributed by atoms with Crippen LogP contribution in [0.2, 0.25) is 0 Å². The molecular weight excluding hydrogens is 412 g/mol. The van der Waals surface area contributed by atoms with E-state index < -0.39 is 5.91 Å². The SMILES string of the molecule is COc1cc(CNC(=O)CCC(=O)N(CCC#N)c2ccccc2)ccc1OCC(N)=O. The van der Waals surface area contributed by atoms with E-state index >= 15 is 0 Å². The minimum atomic E-state index is -0.601. The fraction of sp³-hybridized carbons (Fsp3) is 0.304. The minimum absolute atomic E-state index is 0.0195. The second-order valence-corrected chi connectivity index (χ2v) is 6.81. The van der Waals surface area contributed by atoms with E-state index in [4.69, 9.17) is 20.5 Å². The number of ether oxygens (including phenoxy) is 2. The van der Waals surface area contributed by atoms with Gasteiger partial charge in [-0.2, -0.15) is 5.26 Å². The molecule has 0 saturated heterocycles. The number of para-hydroxylation sites is 1. The fourth-order valence-corrected chi connectivity index (χ4v) is 2.90. The summed E-state index contributed by atoms with van der Waals surface area (Å²) in [4.78, 5) is 37.3. The first kappa shape index (κ1) is 24.2. The first-order valence-corrected chi connectivity index (χ1v) is 10.0. The zero-order valence-electron chi connectivity index (χ0n) is 17.9. The maximum Gasteiger partial charge on any atom is 0.255 e. The van der Waals surface area contributed by atoms with Crippen molar-refractivity contribution in [1.29, 1.82) is 5.26 Å². The molecule has 0 heterocycles. The van der Waals surface area contributed by atoms with Gasteiger partial charge >= 0.3 is 0 Å². The second kappa shape index (κ2) is 12.6. The molecule has 2 aromatic carbocycles. The minimum Gasteiger partial charge on any atom is -0.493 e. The van der Waals surface area contributed by atoms with Crippen LogP contribution >= 0.6 is 0 Å². The Morgan fingerprint density at radius 2 is 1.84 bits per heavy atom. The Bertz CT molecular complexity index is 972. The average molecular weight is 438 g/mol. The van der Waals surface area contributed by atoms with Crippen molar-refractivity contribution in [1.82, 2.24) is 5.32 Å². The number of hydrogen-bond donors (Lipinski definition) is 2. The van der Waals surface area contributed by atoms with Crippen LogP contribution in [0.3, 0.4) is 0 Å². The lowest BCUT2D eigenvalue weighted by Crippen LogP contribution is -2.33. The van der Waals surface area contributed by atoms with Gasteiger partial charge in [0, 0.05) is 31.6 Å². The number of carbonyl (C=O) groups is 3. The Labute approximate surface area is 186 Å². The lowest BCUT2D eigenvalue weighted by Gasteiger charge is -2.21. The monoisotopic (exact) mass is 438 g/mol. The van der Waals surface area contributed by atoms with E-state index in [-0.39, 0.29) is 50.8 Å². The molecule has 2 rings (SSSR count). The predicted octanol–water partition coefficient (Wildman–Crippen LogP) is 1.90. The first-order valence-electron chi connectivity index (χ1n) is 10.0. The molecule has 0 aliphatic heterocycles. The van der Waals surface area contributed by atoms with Crippen molar-refractivity contribution in [3.05, 3.63) is 54.1 Å². The van der Waals surface area contributed by atoms with Crippen molar-refractivity contribution >= 4 is 23.4 Å². The van der Waals surface area contributed by atoms with E-state index in [1.165, 1.54) is 12.0 Å². The predicted molar refractivity (Wildman–Crippen MR) is 118 cm³/mol. The molecule has 3 amide bonds. The van der Waals surface area contributed by atoms with Gasteiger partial charge < -0.3 is 25.4 Å². The van der Waals surface area contributed by atoms with Crippen LogP contribution in [0.4, 0.5) is 5.69 Å². The van der Waals surface area contributed by atoms with Gasteiger partial charge in [0.05, 0.1) is 19.6 Å². The molecule has 0 atom stereocenters. The molecule has 0 fully saturated rings. The highest BCUT2D eigenvalue weighted by Gasteiger charge is 2.17. The van der Waals surface area contributed by atoms with E-state index in [1.807, 2.05) is 24.3 Å². The summed E-state index contributed by atoms with van der Waals surface area (Å²) in [6, 6.07) is 16.1. The van der Waals surface area contributed by atoms with E-state index in [0.29, 0.717) is 17.2 Å². The van der Waals surface area contributed by atoms with Crippen molar-refractivity contribution in [2.75, 3.05) is 25.2 Å². The van der Waals surface area contributed by atoms with Crippen LogP contribution in [0.1, 0.15) is 24.8 Å². The van der Waals surface area contributed by atoms with Crippen molar-refractivity contribution in [3.63, 3.8) is 0 Å². The van der Waals surface area contributed by atoms with Gasteiger partial charge in [-0.1, -0.05) is 24.3 Å². The van der Waals surface area contributed by atoms with Gasteiger partial charge in [0.1, 0.15) is 0 Å². The summed E-state index contributed by atoms with van der Waals surface area (Å²) in [7, 11) is 1.46. The van der Waals surface area contributed by atoms with Crippen molar-refractivity contribution in [2.24, 2.45) is 5.73 Å². The smallest absolute Gasteiger partial charge is 0.255 e. The zero-order chi connectivity index (χ0) is 23.3. The van der Waals surface area contributed by atoms with Crippen LogP contribution < -0.4 is 25.4 Å². The normalized spacial score (nSPS) is 10.0. The highest BCUT2D eigenvalue weighted by molar-refractivity contribution is 5.95. The highest BCUT2D eigenvalue weighted by Crippen LogP contribution is 2.28. The molecule has 9 nitrogen and oxygen atoms in total. The number of amides is 3. The topological polar surface area (TPSA) is 135 Å². The lowest BCUT2D eigenvalue weighted by molar-refractivity contribution is -0.125. The third kappa shape index (κ3) is 7.65. The van der Waals surface area contributed by atoms with E-state index in [1.54, 1.807) is 30.3 Å². The molecule has 2 aromatic rings. The number of hydrogen-bond acceptors (Lipinski definition) is 6. The Morgan fingerprint density at radius 3 is 2.50 bits per heavy atom. The van der Waals surface area contributed by atoms with Crippen LogP contribution in [-0.4, -0.2) is 38.0 Å². The molecular formula is C23H26N4O5. The molecule has 0 spiro atoms. The van der Waals surface area contributed by atoms with Crippen LogP contribution in [0.25, 0.3) is 0 Å². The average Bonchev–Trinajstić information content (AvgIpc) is 2.81. The Kier molecular flexibility index (Phi) is 9.53. The van der Waals surface area contributed by atoms with Gasteiger partial charge in [0.25, 0.3) is 5.91 Å².